The van der Waals surface area contributed by atoms with Crippen molar-refractivity contribution in [3.63, 3.8) is 0 Å². The van der Waals surface area contributed by atoms with Gasteiger partial charge in [0.2, 0.25) is 0 Å². The molecule has 0 N–H and O–H groups in total. The van der Waals surface area contributed by atoms with Crippen LogP contribution in [0, 0.1) is 11.8 Å². The molecular weight excluding hydrogens is 220 g/mol. The first-order chi connectivity index (χ1) is 8.79. The zero-order valence-electron chi connectivity index (χ0n) is 11.8. The van der Waals surface area contributed by atoms with Crippen LogP contribution >= 0.6 is 0 Å². The van der Waals surface area contributed by atoms with Gasteiger partial charge in [0, 0.05) is 0 Å². The molecule has 0 aromatic heterocycles. The van der Waals surface area contributed by atoms with Gasteiger partial charge in [0.15, 0.2) is 0 Å². The van der Waals surface area contributed by atoms with E-state index in [0.29, 0.717) is 6.10 Å². The minimum Gasteiger partial charge on any atom is -0.490 e. The Morgan fingerprint density at radius 3 is 2.39 bits per heavy atom. The first kappa shape index (κ1) is 13.5. The molecule has 1 saturated carbocycles. The van der Waals surface area contributed by atoms with E-state index >= 15 is 0 Å². The second-order valence-corrected chi connectivity index (χ2v) is 5.71. The van der Waals surface area contributed by atoms with E-state index < -0.39 is 0 Å². The van der Waals surface area contributed by atoms with Crippen molar-refractivity contribution in [3.05, 3.63) is 30.3 Å². The molecule has 1 aromatic carbocycles. The van der Waals surface area contributed by atoms with Crippen LogP contribution in [-0.2, 0) is 0 Å². The lowest BCUT2D eigenvalue weighted by Gasteiger charge is -2.32. The minimum atomic E-state index is 0.356. The summed E-state index contributed by atoms with van der Waals surface area (Å²) in [6.45, 7) is 4.53. The Kier molecular flexibility index (Phi) is 5.10. The summed E-state index contributed by atoms with van der Waals surface area (Å²) in [5.41, 5.74) is 0. The van der Waals surface area contributed by atoms with Crippen LogP contribution in [0.4, 0.5) is 0 Å². The first-order valence-electron chi connectivity index (χ1n) is 7.51. The molecule has 1 aliphatic rings. The van der Waals surface area contributed by atoms with Crippen molar-refractivity contribution in [1.82, 2.24) is 0 Å². The Hall–Kier alpha value is -0.980. The minimum absolute atomic E-state index is 0.356. The molecule has 0 spiro atoms. The molecule has 0 amide bonds. The Bertz CT molecular complexity index is 325. The number of rotatable bonds is 5. The molecule has 2 rings (SSSR count). The van der Waals surface area contributed by atoms with Gasteiger partial charge < -0.3 is 4.74 Å². The van der Waals surface area contributed by atoms with Gasteiger partial charge in [-0.2, -0.15) is 0 Å². The predicted molar refractivity (Wildman–Crippen MR) is 76.9 cm³/mol. The predicted octanol–water partition coefficient (Wildman–Crippen LogP) is 5.06. The van der Waals surface area contributed by atoms with Gasteiger partial charge in [-0.15, -0.1) is 0 Å². The molecule has 0 bridgehead atoms. The highest BCUT2D eigenvalue weighted by molar-refractivity contribution is 5.21. The molecular formula is C17H26O. The molecule has 1 aromatic rings. The van der Waals surface area contributed by atoms with Crippen molar-refractivity contribution in [2.45, 2.75) is 58.5 Å². The fourth-order valence-electron chi connectivity index (χ4n) is 3.16. The van der Waals surface area contributed by atoms with E-state index in [0.717, 1.165) is 17.6 Å². The topological polar surface area (TPSA) is 9.23 Å². The molecule has 1 atom stereocenters. The Morgan fingerprint density at radius 2 is 1.78 bits per heavy atom. The van der Waals surface area contributed by atoms with Gasteiger partial charge in [-0.05, 0) is 43.7 Å². The highest BCUT2D eigenvalue weighted by Crippen LogP contribution is 2.34. The summed E-state index contributed by atoms with van der Waals surface area (Å²) in [4.78, 5) is 0. The molecule has 100 valence electrons. The van der Waals surface area contributed by atoms with Crippen LogP contribution in [0.5, 0.6) is 5.75 Å². The maximum absolute atomic E-state index is 6.05. The van der Waals surface area contributed by atoms with Crippen molar-refractivity contribution in [2.75, 3.05) is 0 Å². The van der Waals surface area contributed by atoms with Gasteiger partial charge in [-0.25, -0.2) is 0 Å². The standard InChI is InChI=1S/C17H26O/c1-3-7-15-10-12-16(13-11-15)14(2)18-17-8-5-4-6-9-17/h4-6,8-9,14-16H,3,7,10-13H2,1-2H3. The number of ether oxygens (including phenoxy) is 1. The summed E-state index contributed by atoms with van der Waals surface area (Å²) >= 11 is 0. The van der Waals surface area contributed by atoms with Crippen LogP contribution in [0.25, 0.3) is 0 Å². The molecule has 0 radical (unpaired) electrons. The average molecular weight is 246 g/mol. The van der Waals surface area contributed by atoms with Gasteiger partial charge >= 0.3 is 0 Å². The van der Waals surface area contributed by atoms with Crippen molar-refractivity contribution >= 4 is 0 Å². The van der Waals surface area contributed by atoms with E-state index in [2.05, 4.69) is 26.0 Å². The molecule has 1 aliphatic carbocycles. The Balaban J connectivity index is 1.79. The van der Waals surface area contributed by atoms with Crippen LogP contribution in [0.15, 0.2) is 30.3 Å². The summed E-state index contributed by atoms with van der Waals surface area (Å²) in [5, 5.41) is 0. The summed E-state index contributed by atoms with van der Waals surface area (Å²) < 4.78 is 6.05. The number of benzene rings is 1. The lowest BCUT2D eigenvalue weighted by Crippen LogP contribution is -2.28. The quantitative estimate of drug-likeness (QED) is 0.705. The van der Waals surface area contributed by atoms with Crippen molar-refractivity contribution in [2.24, 2.45) is 11.8 Å². The third kappa shape index (κ3) is 3.76. The first-order valence-corrected chi connectivity index (χ1v) is 7.51. The molecule has 0 saturated heterocycles. The largest absolute Gasteiger partial charge is 0.490 e. The molecule has 1 nitrogen and oxygen atoms in total. The van der Waals surface area contributed by atoms with Gasteiger partial charge in [-0.3, -0.25) is 0 Å². The second kappa shape index (κ2) is 6.82. The monoisotopic (exact) mass is 246 g/mol. The molecule has 0 aliphatic heterocycles. The Labute approximate surface area is 112 Å². The van der Waals surface area contributed by atoms with E-state index in [1.54, 1.807) is 0 Å². The zero-order valence-corrected chi connectivity index (χ0v) is 11.8. The van der Waals surface area contributed by atoms with E-state index in [1.165, 1.54) is 38.5 Å². The van der Waals surface area contributed by atoms with Gasteiger partial charge in [0.25, 0.3) is 0 Å². The molecule has 1 heteroatoms. The normalized spacial score (nSPS) is 25.7. The molecule has 0 heterocycles. The zero-order chi connectivity index (χ0) is 12.8. The van der Waals surface area contributed by atoms with Crippen LogP contribution in [-0.4, -0.2) is 6.10 Å². The van der Waals surface area contributed by atoms with Crippen molar-refractivity contribution in [3.8, 4) is 5.75 Å². The number of hydrogen-bond acceptors (Lipinski definition) is 1. The van der Waals surface area contributed by atoms with Crippen molar-refractivity contribution < 1.29 is 4.74 Å². The maximum Gasteiger partial charge on any atom is 0.119 e. The van der Waals surface area contributed by atoms with Crippen molar-refractivity contribution in [1.29, 1.82) is 0 Å². The van der Waals surface area contributed by atoms with Crippen LogP contribution in [0.2, 0.25) is 0 Å². The van der Waals surface area contributed by atoms with Crippen LogP contribution in [0.1, 0.15) is 52.4 Å². The highest BCUT2D eigenvalue weighted by Gasteiger charge is 2.25. The Morgan fingerprint density at radius 1 is 1.11 bits per heavy atom. The lowest BCUT2D eigenvalue weighted by atomic mass is 9.78. The third-order valence-electron chi connectivity index (χ3n) is 4.32. The fourth-order valence-corrected chi connectivity index (χ4v) is 3.16. The maximum atomic E-state index is 6.05. The number of hydrogen-bond donors (Lipinski definition) is 0. The fraction of sp³-hybridized carbons (Fsp3) is 0.647. The highest BCUT2D eigenvalue weighted by atomic mass is 16.5. The molecule has 18 heavy (non-hydrogen) atoms. The van der Waals surface area contributed by atoms with Gasteiger partial charge in [0.1, 0.15) is 5.75 Å². The SMILES string of the molecule is CCCC1CCC(C(C)Oc2ccccc2)CC1. The summed E-state index contributed by atoms with van der Waals surface area (Å²) in [7, 11) is 0. The summed E-state index contributed by atoms with van der Waals surface area (Å²) in [5.74, 6) is 2.74. The number of para-hydroxylation sites is 1. The molecule has 1 fully saturated rings. The summed E-state index contributed by atoms with van der Waals surface area (Å²) in [6.07, 6.45) is 8.61. The van der Waals surface area contributed by atoms with E-state index in [-0.39, 0.29) is 0 Å². The average Bonchev–Trinajstić information content (AvgIpc) is 2.41. The van der Waals surface area contributed by atoms with E-state index in [1.807, 2.05) is 18.2 Å². The van der Waals surface area contributed by atoms with Crippen LogP contribution < -0.4 is 4.74 Å². The molecule has 1 unspecified atom stereocenters. The van der Waals surface area contributed by atoms with Gasteiger partial charge in [-0.1, -0.05) is 50.8 Å². The lowest BCUT2D eigenvalue weighted by molar-refractivity contribution is 0.107. The second-order valence-electron chi connectivity index (χ2n) is 5.71. The van der Waals surface area contributed by atoms with E-state index in [4.69, 9.17) is 4.74 Å². The summed E-state index contributed by atoms with van der Waals surface area (Å²) in [6, 6.07) is 10.2. The third-order valence-corrected chi connectivity index (χ3v) is 4.32. The van der Waals surface area contributed by atoms with Gasteiger partial charge in [0.05, 0.1) is 6.10 Å². The smallest absolute Gasteiger partial charge is 0.119 e. The van der Waals surface area contributed by atoms with Crippen LogP contribution in [0.3, 0.4) is 0 Å². The van der Waals surface area contributed by atoms with E-state index in [9.17, 15) is 0 Å².